The number of carbonyl (C=O) groups excluding carboxylic acids is 1. The number of hydrogen-bond acceptors (Lipinski definition) is 5. The molecule has 1 atom stereocenters. The number of nitrogens with one attached hydrogen (secondary N) is 1. The van der Waals surface area contributed by atoms with E-state index in [1.165, 1.54) is 4.31 Å². The van der Waals surface area contributed by atoms with E-state index in [-0.39, 0.29) is 5.91 Å². The molecule has 8 heteroatoms. The molecule has 1 heterocycles. The van der Waals surface area contributed by atoms with E-state index in [9.17, 15) is 13.2 Å². The van der Waals surface area contributed by atoms with Crippen LogP contribution >= 0.6 is 0 Å². The molecule has 0 saturated carbocycles. The molecule has 0 unspecified atom stereocenters. The van der Waals surface area contributed by atoms with Crippen LogP contribution in [-0.2, 0) is 19.6 Å². The maximum absolute atomic E-state index is 12.6. The summed E-state index contributed by atoms with van der Waals surface area (Å²) >= 11 is 0. The fourth-order valence-electron chi connectivity index (χ4n) is 2.91. The number of nitrogens with zero attached hydrogens (tertiary/aromatic N) is 2. The molecule has 7 nitrogen and oxygen atoms in total. The highest BCUT2D eigenvalue weighted by atomic mass is 32.2. The Morgan fingerprint density at radius 3 is 2.48 bits per heavy atom. The van der Waals surface area contributed by atoms with Crippen LogP contribution in [0.4, 0.5) is 5.69 Å². The highest BCUT2D eigenvalue weighted by Gasteiger charge is 2.31. The molecule has 25 heavy (non-hydrogen) atoms. The standard InChI is InChI=1S/C17H27N3O4S/c1-3-16(17(21)18-9-10-19-11-13-24-14-12-19)20(25(2,22)23)15-7-5-4-6-8-15/h4-8,16H,3,9-14H2,1-2H3,(H,18,21)/t16-/m0/s1. The minimum Gasteiger partial charge on any atom is -0.379 e. The van der Waals surface area contributed by atoms with Gasteiger partial charge in [0, 0.05) is 26.2 Å². The van der Waals surface area contributed by atoms with E-state index in [1.54, 1.807) is 24.3 Å². The van der Waals surface area contributed by atoms with Gasteiger partial charge >= 0.3 is 0 Å². The van der Waals surface area contributed by atoms with E-state index in [4.69, 9.17) is 4.74 Å². The van der Waals surface area contributed by atoms with E-state index >= 15 is 0 Å². The van der Waals surface area contributed by atoms with Gasteiger partial charge in [0.2, 0.25) is 15.9 Å². The number of carbonyl (C=O) groups is 1. The van der Waals surface area contributed by atoms with Gasteiger partial charge in [-0.3, -0.25) is 14.0 Å². The molecule has 1 saturated heterocycles. The predicted octanol–water partition coefficient (Wildman–Crippen LogP) is 0.680. The van der Waals surface area contributed by atoms with E-state index in [1.807, 2.05) is 13.0 Å². The number of sulfonamides is 1. The largest absolute Gasteiger partial charge is 0.379 e. The van der Waals surface area contributed by atoms with Crippen LogP contribution in [0.3, 0.4) is 0 Å². The second-order valence-corrected chi connectivity index (χ2v) is 7.92. The first-order valence-corrected chi connectivity index (χ1v) is 10.4. The summed E-state index contributed by atoms with van der Waals surface area (Å²) in [5.74, 6) is -0.273. The van der Waals surface area contributed by atoms with Crippen molar-refractivity contribution in [3.63, 3.8) is 0 Å². The number of rotatable bonds is 8. The lowest BCUT2D eigenvalue weighted by atomic mass is 10.2. The summed E-state index contributed by atoms with van der Waals surface area (Å²) in [6.45, 7) is 6.16. The lowest BCUT2D eigenvalue weighted by Gasteiger charge is -2.31. The molecule has 1 aliphatic heterocycles. The zero-order valence-electron chi connectivity index (χ0n) is 14.8. The Labute approximate surface area is 150 Å². The summed E-state index contributed by atoms with van der Waals surface area (Å²) in [5, 5.41) is 2.88. The summed E-state index contributed by atoms with van der Waals surface area (Å²) in [7, 11) is -3.57. The maximum Gasteiger partial charge on any atom is 0.243 e. The summed E-state index contributed by atoms with van der Waals surface area (Å²) in [6.07, 6.45) is 1.52. The fourth-order valence-corrected chi connectivity index (χ4v) is 4.13. The van der Waals surface area contributed by atoms with Gasteiger partial charge in [-0.05, 0) is 18.6 Å². The van der Waals surface area contributed by atoms with Gasteiger partial charge < -0.3 is 10.1 Å². The van der Waals surface area contributed by atoms with Crippen molar-refractivity contribution in [1.82, 2.24) is 10.2 Å². The lowest BCUT2D eigenvalue weighted by molar-refractivity contribution is -0.122. The van der Waals surface area contributed by atoms with E-state index < -0.39 is 16.1 Å². The fraction of sp³-hybridized carbons (Fsp3) is 0.588. The third kappa shape index (κ3) is 5.69. The van der Waals surface area contributed by atoms with Gasteiger partial charge in [0.15, 0.2) is 0 Å². The van der Waals surface area contributed by atoms with Crippen molar-refractivity contribution < 1.29 is 17.9 Å². The quantitative estimate of drug-likeness (QED) is 0.729. The summed E-state index contributed by atoms with van der Waals surface area (Å²) in [5.41, 5.74) is 0.500. The van der Waals surface area contributed by atoms with Crippen LogP contribution < -0.4 is 9.62 Å². The Bertz CT molecular complexity index is 645. The highest BCUT2D eigenvalue weighted by Crippen LogP contribution is 2.21. The van der Waals surface area contributed by atoms with Crippen LogP contribution in [0.2, 0.25) is 0 Å². The Kier molecular flexibility index (Phi) is 7.22. The zero-order chi connectivity index (χ0) is 18.3. The summed E-state index contributed by atoms with van der Waals surface area (Å²) in [4.78, 5) is 14.8. The number of morpholine rings is 1. The molecule has 0 aliphatic carbocycles. The molecule has 1 N–H and O–H groups in total. The Balaban J connectivity index is 2.02. The monoisotopic (exact) mass is 369 g/mol. The normalized spacial score (nSPS) is 17.0. The number of benzene rings is 1. The number of para-hydroxylation sites is 1. The smallest absolute Gasteiger partial charge is 0.243 e. The molecule has 0 aromatic heterocycles. The predicted molar refractivity (Wildman–Crippen MR) is 98.1 cm³/mol. The van der Waals surface area contributed by atoms with Crippen LogP contribution in [0, 0.1) is 0 Å². The first-order chi connectivity index (χ1) is 11.9. The average Bonchev–Trinajstić information content (AvgIpc) is 2.60. The second kappa shape index (κ2) is 9.17. The molecule has 1 fully saturated rings. The minimum absolute atomic E-state index is 0.273. The number of ether oxygens (including phenoxy) is 1. The molecule has 140 valence electrons. The van der Waals surface area contributed by atoms with Crippen molar-refractivity contribution >= 4 is 21.6 Å². The second-order valence-electron chi connectivity index (χ2n) is 6.06. The lowest BCUT2D eigenvalue weighted by Crippen LogP contribution is -2.50. The van der Waals surface area contributed by atoms with Gasteiger partial charge in [0.25, 0.3) is 0 Å². The van der Waals surface area contributed by atoms with Crippen LogP contribution in [0.25, 0.3) is 0 Å². The Morgan fingerprint density at radius 2 is 1.92 bits per heavy atom. The molecule has 1 aromatic rings. The molecule has 0 spiro atoms. The molecule has 1 aliphatic rings. The Hall–Kier alpha value is -1.64. The van der Waals surface area contributed by atoms with Gasteiger partial charge in [-0.1, -0.05) is 25.1 Å². The van der Waals surface area contributed by atoms with Crippen molar-refractivity contribution in [2.45, 2.75) is 19.4 Å². The van der Waals surface area contributed by atoms with Crippen molar-refractivity contribution in [3.05, 3.63) is 30.3 Å². The molecular weight excluding hydrogens is 342 g/mol. The molecular formula is C17H27N3O4S. The number of anilines is 1. The van der Waals surface area contributed by atoms with Crippen LogP contribution in [0.15, 0.2) is 30.3 Å². The van der Waals surface area contributed by atoms with Gasteiger partial charge in [-0.25, -0.2) is 8.42 Å². The number of hydrogen-bond donors (Lipinski definition) is 1. The van der Waals surface area contributed by atoms with Crippen molar-refractivity contribution in [3.8, 4) is 0 Å². The first kappa shape index (κ1) is 19.7. The molecule has 0 radical (unpaired) electrons. The van der Waals surface area contributed by atoms with Crippen LogP contribution in [-0.4, -0.2) is 70.9 Å². The molecule has 1 amide bonds. The Morgan fingerprint density at radius 1 is 1.28 bits per heavy atom. The maximum atomic E-state index is 12.6. The van der Waals surface area contributed by atoms with Crippen molar-refractivity contribution in [2.24, 2.45) is 0 Å². The van der Waals surface area contributed by atoms with Crippen LogP contribution in [0.5, 0.6) is 0 Å². The van der Waals surface area contributed by atoms with E-state index in [0.29, 0.717) is 31.9 Å². The van der Waals surface area contributed by atoms with Crippen LogP contribution in [0.1, 0.15) is 13.3 Å². The van der Waals surface area contributed by atoms with E-state index in [0.717, 1.165) is 25.9 Å². The zero-order valence-corrected chi connectivity index (χ0v) is 15.7. The van der Waals surface area contributed by atoms with E-state index in [2.05, 4.69) is 10.2 Å². The van der Waals surface area contributed by atoms with Gasteiger partial charge in [-0.15, -0.1) is 0 Å². The van der Waals surface area contributed by atoms with Gasteiger partial charge in [0.1, 0.15) is 6.04 Å². The summed E-state index contributed by atoms with van der Waals surface area (Å²) < 4.78 is 31.1. The number of amides is 1. The van der Waals surface area contributed by atoms with Gasteiger partial charge in [0.05, 0.1) is 25.2 Å². The van der Waals surface area contributed by atoms with Crippen molar-refractivity contribution in [2.75, 3.05) is 50.0 Å². The molecule has 1 aromatic carbocycles. The SMILES string of the molecule is CC[C@@H](C(=O)NCCN1CCOCC1)N(c1ccccc1)S(C)(=O)=O. The van der Waals surface area contributed by atoms with Crippen molar-refractivity contribution in [1.29, 1.82) is 0 Å². The minimum atomic E-state index is -3.57. The topological polar surface area (TPSA) is 79.0 Å². The highest BCUT2D eigenvalue weighted by molar-refractivity contribution is 7.92. The molecule has 2 rings (SSSR count). The molecule has 0 bridgehead atoms. The first-order valence-electron chi connectivity index (χ1n) is 8.55. The average molecular weight is 369 g/mol. The third-order valence-corrected chi connectivity index (χ3v) is 5.35. The third-order valence-electron chi connectivity index (χ3n) is 4.17. The van der Waals surface area contributed by atoms with Gasteiger partial charge in [-0.2, -0.15) is 0 Å². The summed E-state index contributed by atoms with van der Waals surface area (Å²) in [6, 6.07) is 7.97.